The van der Waals surface area contributed by atoms with Gasteiger partial charge in [-0.15, -0.1) is 0 Å². The highest BCUT2D eigenvalue weighted by Crippen LogP contribution is 2.26. The molecule has 0 bridgehead atoms. The molecule has 0 saturated carbocycles. The van der Waals surface area contributed by atoms with Crippen LogP contribution in [0.1, 0.15) is 18.1 Å². The van der Waals surface area contributed by atoms with Crippen molar-refractivity contribution < 1.29 is 13.4 Å². The van der Waals surface area contributed by atoms with E-state index in [0.717, 1.165) is 33.1 Å². The molecular weight excluding hydrogens is 431 g/mol. The Labute approximate surface area is 169 Å². The Bertz CT molecular complexity index is 1140. The third-order valence-corrected chi connectivity index (χ3v) is 5.15. The molecule has 0 unspecified atom stereocenters. The van der Waals surface area contributed by atoms with Crippen LogP contribution in [0.3, 0.4) is 0 Å². The number of fused-ring (bicyclic) bond motifs is 1. The van der Waals surface area contributed by atoms with Crippen molar-refractivity contribution in [2.75, 3.05) is 0 Å². The summed E-state index contributed by atoms with van der Waals surface area (Å²) in [5.74, 6) is 0.208. The Morgan fingerprint density at radius 1 is 1.15 bits per heavy atom. The van der Waals surface area contributed by atoms with Crippen LogP contribution in [0.5, 0.6) is 0 Å². The maximum absolute atomic E-state index is 13.3. The third kappa shape index (κ3) is 3.89. The first-order chi connectivity index (χ1) is 13.0. The van der Waals surface area contributed by atoms with E-state index in [-0.39, 0.29) is 5.82 Å². The van der Waals surface area contributed by atoms with E-state index in [1.165, 1.54) is 17.7 Å². The standard InChI is InChI=1S/C21H16BrClFN2O/c1-2-13-3-6-20-19(7-13)25-21(27-20)15-8-16(22)12-26(11-15)10-14-4-5-17(24)9-18(14)23/h3-9,11-12H,2,10H2,1H3/q+1. The minimum Gasteiger partial charge on any atom is -0.436 e. The average Bonchev–Trinajstić information content (AvgIpc) is 3.07. The predicted octanol–water partition coefficient (Wildman–Crippen LogP) is 5.95. The van der Waals surface area contributed by atoms with Crippen molar-refractivity contribution in [1.29, 1.82) is 0 Å². The van der Waals surface area contributed by atoms with Crippen LogP contribution in [0.4, 0.5) is 4.39 Å². The van der Waals surface area contributed by atoms with Gasteiger partial charge in [-0.1, -0.05) is 24.6 Å². The lowest BCUT2D eigenvalue weighted by Gasteiger charge is -2.03. The monoisotopic (exact) mass is 445 g/mol. The van der Waals surface area contributed by atoms with Crippen LogP contribution >= 0.6 is 27.5 Å². The molecule has 136 valence electrons. The Kier molecular flexibility index (Phi) is 4.98. The zero-order chi connectivity index (χ0) is 19.0. The topological polar surface area (TPSA) is 29.9 Å². The van der Waals surface area contributed by atoms with Crippen molar-refractivity contribution in [1.82, 2.24) is 4.98 Å². The molecule has 0 spiro atoms. The van der Waals surface area contributed by atoms with Crippen molar-refractivity contribution in [3.05, 3.63) is 81.3 Å². The van der Waals surface area contributed by atoms with Gasteiger partial charge in [0.25, 0.3) is 0 Å². The van der Waals surface area contributed by atoms with Crippen molar-refractivity contribution in [2.45, 2.75) is 19.9 Å². The summed E-state index contributed by atoms with van der Waals surface area (Å²) in [7, 11) is 0. The maximum Gasteiger partial charge on any atom is 0.233 e. The number of rotatable bonds is 4. The van der Waals surface area contributed by atoms with Gasteiger partial charge in [-0.3, -0.25) is 0 Å². The molecule has 0 amide bonds. The van der Waals surface area contributed by atoms with Crippen LogP contribution in [0.2, 0.25) is 5.02 Å². The zero-order valence-corrected chi connectivity index (χ0v) is 16.9. The quantitative estimate of drug-likeness (QED) is 0.363. The number of hydrogen-bond acceptors (Lipinski definition) is 2. The molecule has 2 aromatic heterocycles. The second kappa shape index (κ2) is 7.41. The van der Waals surface area contributed by atoms with Crippen molar-refractivity contribution in [3.8, 4) is 11.5 Å². The average molecular weight is 447 g/mol. The van der Waals surface area contributed by atoms with E-state index < -0.39 is 0 Å². The number of hydrogen-bond donors (Lipinski definition) is 0. The minimum atomic E-state index is -0.346. The van der Waals surface area contributed by atoms with Gasteiger partial charge in [-0.05, 0) is 64.3 Å². The van der Waals surface area contributed by atoms with Crippen LogP contribution in [0.15, 0.2) is 63.7 Å². The normalized spacial score (nSPS) is 11.3. The number of oxazole rings is 1. The lowest BCUT2D eigenvalue weighted by atomic mass is 10.1. The lowest BCUT2D eigenvalue weighted by molar-refractivity contribution is -0.688. The summed E-state index contributed by atoms with van der Waals surface area (Å²) < 4.78 is 22.1. The van der Waals surface area contributed by atoms with Crippen LogP contribution in [-0.2, 0) is 13.0 Å². The molecule has 0 saturated heterocycles. The first kappa shape index (κ1) is 18.1. The number of halogens is 3. The second-order valence-electron chi connectivity index (χ2n) is 6.33. The van der Waals surface area contributed by atoms with Crippen LogP contribution < -0.4 is 4.57 Å². The number of pyridine rings is 1. The molecule has 6 heteroatoms. The molecule has 0 aliphatic rings. The summed E-state index contributed by atoms with van der Waals surface area (Å²) in [6.07, 6.45) is 4.82. The van der Waals surface area contributed by atoms with Gasteiger partial charge in [-0.25, -0.2) is 9.37 Å². The van der Waals surface area contributed by atoms with E-state index in [1.54, 1.807) is 6.07 Å². The molecule has 0 atom stereocenters. The van der Waals surface area contributed by atoms with E-state index in [9.17, 15) is 4.39 Å². The summed E-state index contributed by atoms with van der Waals surface area (Å²) in [6.45, 7) is 2.62. The Hall–Kier alpha value is -2.24. The molecule has 27 heavy (non-hydrogen) atoms. The Morgan fingerprint density at radius 3 is 2.78 bits per heavy atom. The predicted molar refractivity (Wildman–Crippen MR) is 107 cm³/mol. The van der Waals surface area contributed by atoms with E-state index >= 15 is 0 Å². The molecule has 2 aromatic carbocycles. The third-order valence-electron chi connectivity index (χ3n) is 4.36. The second-order valence-corrected chi connectivity index (χ2v) is 7.65. The van der Waals surface area contributed by atoms with Gasteiger partial charge in [-0.2, -0.15) is 4.57 Å². The Balaban J connectivity index is 1.71. The SMILES string of the molecule is CCc1ccc2oc(-c3cc(Br)c[n+](Cc4ccc(F)cc4Cl)c3)nc2c1. The van der Waals surface area contributed by atoms with Gasteiger partial charge in [0, 0.05) is 5.56 Å². The van der Waals surface area contributed by atoms with Gasteiger partial charge in [0.1, 0.15) is 16.9 Å². The highest BCUT2D eigenvalue weighted by atomic mass is 79.9. The molecule has 2 heterocycles. The highest BCUT2D eigenvalue weighted by Gasteiger charge is 2.16. The zero-order valence-electron chi connectivity index (χ0n) is 14.5. The largest absolute Gasteiger partial charge is 0.436 e. The van der Waals surface area contributed by atoms with Gasteiger partial charge >= 0.3 is 0 Å². The first-order valence-electron chi connectivity index (χ1n) is 8.55. The molecule has 4 aromatic rings. The summed E-state index contributed by atoms with van der Waals surface area (Å²) >= 11 is 9.70. The fourth-order valence-electron chi connectivity index (χ4n) is 2.97. The number of aromatic nitrogens is 2. The Morgan fingerprint density at radius 2 is 2.00 bits per heavy atom. The van der Waals surface area contributed by atoms with E-state index in [1.807, 2.05) is 35.2 Å². The summed E-state index contributed by atoms with van der Waals surface area (Å²) in [5, 5.41) is 0.401. The number of benzene rings is 2. The molecule has 0 aliphatic heterocycles. The number of aryl methyl sites for hydroxylation is 1. The number of nitrogens with zero attached hydrogens (tertiary/aromatic N) is 2. The van der Waals surface area contributed by atoms with E-state index in [2.05, 4.69) is 33.9 Å². The van der Waals surface area contributed by atoms with E-state index in [0.29, 0.717) is 17.5 Å². The van der Waals surface area contributed by atoms with Crippen molar-refractivity contribution in [3.63, 3.8) is 0 Å². The van der Waals surface area contributed by atoms with Gasteiger partial charge < -0.3 is 4.42 Å². The van der Waals surface area contributed by atoms with Gasteiger partial charge in [0.15, 0.2) is 24.5 Å². The summed E-state index contributed by atoms with van der Waals surface area (Å²) in [5.41, 5.74) is 4.50. The van der Waals surface area contributed by atoms with Crippen LogP contribution in [0, 0.1) is 5.82 Å². The summed E-state index contributed by atoms with van der Waals surface area (Å²) in [4.78, 5) is 4.63. The molecule has 0 aliphatic carbocycles. The highest BCUT2D eigenvalue weighted by molar-refractivity contribution is 9.10. The minimum absolute atomic E-state index is 0.346. The van der Waals surface area contributed by atoms with E-state index in [4.69, 9.17) is 16.0 Å². The molecule has 0 fully saturated rings. The van der Waals surface area contributed by atoms with Crippen LogP contribution in [0.25, 0.3) is 22.6 Å². The fourth-order valence-corrected chi connectivity index (χ4v) is 3.71. The van der Waals surface area contributed by atoms with Crippen molar-refractivity contribution >= 4 is 38.6 Å². The van der Waals surface area contributed by atoms with Crippen LogP contribution in [-0.4, -0.2) is 4.98 Å². The van der Waals surface area contributed by atoms with Crippen molar-refractivity contribution in [2.24, 2.45) is 0 Å². The van der Waals surface area contributed by atoms with Gasteiger partial charge in [0.2, 0.25) is 5.89 Å². The molecule has 3 nitrogen and oxygen atoms in total. The fraction of sp³-hybridized carbons (Fsp3) is 0.143. The van der Waals surface area contributed by atoms with Gasteiger partial charge in [0.05, 0.1) is 9.50 Å². The molecule has 0 N–H and O–H groups in total. The first-order valence-corrected chi connectivity index (χ1v) is 9.72. The smallest absolute Gasteiger partial charge is 0.233 e. The maximum atomic E-state index is 13.3. The molecule has 0 radical (unpaired) electrons. The molecule has 4 rings (SSSR count). The molecular formula is C21H16BrClFN2O+. The summed E-state index contributed by atoms with van der Waals surface area (Å²) in [6, 6.07) is 12.4. The lowest BCUT2D eigenvalue weighted by Crippen LogP contribution is -2.34.